The van der Waals surface area contributed by atoms with Gasteiger partial charge in [0.25, 0.3) is 0 Å². The van der Waals surface area contributed by atoms with Crippen molar-refractivity contribution in [3.05, 3.63) is 65.5 Å². The lowest BCUT2D eigenvalue weighted by atomic mass is 9.87. The highest BCUT2D eigenvalue weighted by molar-refractivity contribution is 5.47. The van der Waals surface area contributed by atoms with Crippen LogP contribution in [-0.2, 0) is 6.42 Å². The number of nitrogens with one attached hydrogen (secondary N) is 1. The average molecular weight is 241 g/mol. The third-order valence-corrected chi connectivity index (χ3v) is 3.53. The molecule has 1 aliphatic carbocycles. The molecule has 1 unspecified atom stereocenters. The molecule has 2 heteroatoms. The second kappa shape index (κ2) is 4.81. The van der Waals surface area contributed by atoms with Crippen LogP contribution in [0.15, 0.2) is 48.5 Å². The highest BCUT2D eigenvalue weighted by Crippen LogP contribution is 2.32. The van der Waals surface area contributed by atoms with Gasteiger partial charge in [-0.3, -0.25) is 0 Å². The molecule has 2 aromatic rings. The second-order valence-corrected chi connectivity index (χ2v) is 4.80. The van der Waals surface area contributed by atoms with Crippen molar-refractivity contribution >= 4 is 5.69 Å². The Bertz CT molecular complexity index is 550. The normalized spacial score (nSPS) is 18.2. The minimum atomic E-state index is -0.191. The van der Waals surface area contributed by atoms with E-state index in [0.29, 0.717) is 6.04 Å². The van der Waals surface area contributed by atoms with Gasteiger partial charge in [0.15, 0.2) is 0 Å². The maximum absolute atomic E-state index is 13.2. The molecule has 0 aromatic heterocycles. The minimum absolute atomic E-state index is 0.191. The molecule has 1 atom stereocenters. The van der Waals surface area contributed by atoms with E-state index in [-0.39, 0.29) is 5.82 Å². The Morgan fingerprint density at radius 2 is 1.94 bits per heavy atom. The molecule has 92 valence electrons. The van der Waals surface area contributed by atoms with E-state index >= 15 is 0 Å². The Morgan fingerprint density at radius 1 is 1.06 bits per heavy atom. The Labute approximate surface area is 107 Å². The van der Waals surface area contributed by atoms with Crippen LogP contribution in [0.4, 0.5) is 10.1 Å². The number of halogens is 1. The lowest BCUT2D eigenvalue weighted by Crippen LogP contribution is -2.17. The van der Waals surface area contributed by atoms with Crippen LogP contribution in [0.25, 0.3) is 0 Å². The van der Waals surface area contributed by atoms with Crippen molar-refractivity contribution in [1.82, 2.24) is 0 Å². The number of fused-ring (bicyclic) bond motifs is 1. The second-order valence-electron chi connectivity index (χ2n) is 4.80. The summed E-state index contributed by atoms with van der Waals surface area (Å²) in [6, 6.07) is 15.5. The first kappa shape index (κ1) is 11.3. The van der Waals surface area contributed by atoms with Gasteiger partial charge in [-0.05, 0) is 48.6 Å². The number of aryl methyl sites for hydroxylation is 1. The molecular formula is C16H16FN. The van der Waals surface area contributed by atoms with Crippen molar-refractivity contribution < 1.29 is 4.39 Å². The fourth-order valence-corrected chi connectivity index (χ4v) is 2.68. The fourth-order valence-electron chi connectivity index (χ4n) is 2.68. The van der Waals surface area contributed by atoms with E-state index in [1.165, 1.54) is 23.6 Å². The highest BCUT2D eigenvalue weighted by Gasteiger charge is 2.19. The van der Waals surface area contributed by atoms with Crippen molar-refractivity contribution in [2.45, 2.75) is 25.3 Å². The van der Waals surface area contributed by atoms with Gasteiger partial charge >= 0.3 is 0 Å². The van der Waals surface area contributed by atoms with Gasteiger partial charge in [-0.15, -0.1) is 0 Å². The first-order chi connectivity index (χ1) is 8.83. The van der Waals surface area contributed by atoms with Crippen molar-refractivity contribution in [3.63, 3.8) is 0 Å². The topological polar surface area (TPSA) is 12.0 Å². The van der Waals surface area contributed by atoms with E-state index in [1.807, 2.05) is 6.07 Å². The molecule has 3 rings (SSSR count). The maximum Gasteiger partial charge on any atom is 0.125 e. The molecule has 0 saturated heterocycles. The van der Waals surface area contributed by atoms with Gasteiger partial charge in [-0.25, -0.2) is 4.39 Å². The predicted octanol–water partition coefficient (Wildman–Crippen LogP) is 4.32. The monoisotopic (exact) mass is 241 g/mol. The third kappa shape index (κ3) is 2.23. The van der Waals surface area contributed by atoms with E-state index < -0.39 is 0 Å². The van der Waals surface area contributed by atoms with Crippen LogP contribution in [0, 0.1) is 5.82 Å². The van der Waals surface area contributed by atoms with E-state index in [9.17, 15) is 4.39 Å². The number of hydrogen-bond donors (Lipinski definition) is 1. The summed E-state index contributed by atoms with van der Waals surface area (Å²) in [5.41, 5.74) is 3.63. The number of rotatable bonds is 2. The van der Waals surface area contributed by atoms with Gasteiger partial charge in [0.05, 0.1) is 6.04 Å². The van der Waals surface area contributed by atoms with Crippen LogP contribution < -0.4 is 5.32 Å². The highest BCUT2D eigenvalue weighted by atomic mass is 19.1. The van der Waals surface area contributed by atoms with Gasteiger partial charge < -0.3 is 5.32 Å². The van der Waals surface area contributed by atoms with Crippen LogP contribution in [0.3, 0.4) is 0 Å². The number of benzene rings is 2. The van der Waals surface area contributed by atoms with Crippen molar-refractivity contribution in [3.8, 4) is 0 Å². The zero-order chi connectivity index (χ0) is 12.4. The maximum atomic E-state index is 13.2. The number of anilines is 1. The molecule has 0 spiro atoms. The van der Waals surface area contributed by atoms with Crippen molar-refractivity contribution in [2.75, 3.05) is 5.32 Å². The smallest absolute Gasteiger partial charge is 0.125 e. The summed E-state index contributed by atoms with van der Waals surface area (Å²) < 4.78 is 13.2. The molecule has 0 aliphatic heterocycles. The molecule has 2 aromatic carbocycles. The summed E-state index contributed by atoms with van der Waals surface area (Å²) in [7, 11) is 0. The molecule has 0 heterocycles. The molecule has 0 saturated carbocycles. The molecule has 1 aliphatic rings. The van der Waals surface area contributed by atoms with Crippen LogP contribution in [0.2, 0.25) is 0 Å². The zero-order valence-electron chi connectivity index (χ0n) is 10.2. The van der Waals surface area contributed by atoms with Gasteiger partial charge in [0, 0.05) is 5.69 Å². The summed E-state index contributed by atoms with van der Waals surface area (Å²) in [6.07, 6.45) is 3.44. The standard InChI is InChI=1S/C16H16FN/c17-13-7-4-8-14(11-13)18-16-10-3-6-12-5-1-2-9-15(12)16/h1-2,4-5,7-9,11,16,18H,3,6,10H2. The van der Waals surface area contributed by atoms with E-state index in [0.717, 1.165) is 18.5 Å². The molecule has 18 heavy (non-hydrogen) atoms. The van der Waals surface area contributed by atoms with Crippen LogP contribution in [-0.4, -0.2) is 0 Å². The predicted molar refractivity (Wildman–Crippen MR) is 72.1 cm³/mol. The first-order valence-corrected chi connectivity index (χ1v) is 6.43. The van der Waals surface area contributed by atoms with Crippen LogP contribution in [0.1, 0.15) is 30.0 Å². The Hall–Kier alpha value is -1.83. The SMILES string of the molecule is Fc1cccc(NC2CCCc3ccccc32)c1. The lowest BCUT2D eigenvalue weighted by molar-refractivity contribution is 0.598. The molecule has 1 N–H and O–H groups in total. The van der Waals surface area contributed by atoms with E-state index in [4.69, 9.17) is 0 Å². The van der Waals surface area contributed by atoms with Crippen molar-refractivity contribution in [2.24, 2.45) is 0 Å². The minimum Gasteiger partial charge on any atom is -0.378 e. The van der Waals surface area contributed by atoms with E-state index in [2.05, 4.69) is 29.6 Å². The summed E-state index contributed by atoms with van der Waals surface area (Å²) >= 11 is 0. The van der Waals surface area contributed by atoms with Crippen LogP contribution >= 0.6 is 0 Å². The van der Waals surface area contributed by atoms with Gasteiger partial charge in [0.1, 0.15) is 5.82 Å². The van der Waals surface area contributed by atoms with Gasteiger partial charge in [0.2, 0.25) is 0 Å². The average Bonchev–Trinajstić information content (AvgIpc) is 2.39. The largest absolute Gasteiger partial charge is 0.378 e. The molecule has 1 nitrogen and oxygen atoms in total. The molecule has 0 radical (unpaired) electrons. The Morgan fingerprint density at radius 3 is 2.83 bits per heavy atom. The summed E-state index contributed by atoms with van der Waals surface area (Å²) in [4.78, 5) is 0. The lowest BCUT2D eigenvalue weighted by Gasteiger charge is -2.27. The number of hydrogen-bond acceptors (Lipinski definition) is 1. The van der Waals surface area contributed by atoms with Gasteiger partial charge in [-0.2, -0.15) is 0 Å². The Kier molecular flexibility index (Phi) is 3.01. The third-order valence-electron chi connectivity index (χ3n) is 3.53. The van der Waals surface area contributed by atoms with Crippen LogP contribution in [0.5, 0.6) is 0 Å². The molecule has 0 amide bonds. The first-order valence-electron chi connectivity index (χ1n) is 6.43. The molecular weight excluding hydrogens is 225 g/mol. The fraction of sp³-hybridized carbons (Fsp3) is 0.250. The Balaban J connectivity index is 1.86. The summed E-state index contributed by atoms with van der Waals surface area (Å²) in [5, 5.41) is 3.44. The summed E-state index contributed by atoms with van der Waals surface area (Å²) in [5.74, 6) is -0.191. The van der Waals surface area contributed by atoms with E-state index in [1.54, 1.807) is 12.1 Å². The molecule has 0 bridgehead atoms. The van der Waals surface area contributed by atoms with Gasteiger partial charge in [-0.1, -0.05) is 30.3 Å². The molecule has 0 fully saturated rings. The zero-order valence-corrected chi connectivity index (χ0v) is 10.2. The summed E-state index contributed by atoms with van der Waals surface area (Å²) in [6.45, 7) is 0. The quantitative estimate of drug-likeness (QED) is 0.825. The van der Waals surface area contributed by atoms with Crippen molar-refractivity contribution in [1.29, 1.82) is 0 Å².